The summed E-state index contributed by atoms with van der Waals surface area (Å²) in [5, 5.41) is 10.7. The molecule has 2 aliphatic heterocycles. The van der Waals surface area contributed by atoms with Crippen LogP contribution < -0.4 is 5.32 Å². The van der Waals surface area contributed by atoms with Gasteiger partial charge >= 0.3 is 6.18 Å². The summed E-state index contributed by atoms with van der Waals surface area (Å²) in [5.74, 6) is 0.352. The highest BCUT2D eigenvalue weighted by Gasteiger charge is 2.43. The largest absolute Gasteiger partial charge is 0.420 e. The molecule has 1 N–H and O–H groups in total. The van der Waals surface area contributed by atoms with Gasteiger partial charge in [0.05, 0.1) is 12.3 Å². The summed E-state index contributed by atoms with van der Waals surface area (Å²) < 4.78 is 61.7. The summed E-state index contributed by atoms with van der Waals surface area (Å²) in [7, 11) is 0. The number of anilines is 1. The van der Waals surface area contributed by atoms with Crippen LogP contribution in [-0.4, -0.2) is 54.0 Å². The lowest BCUT2D eigenvalue weighted by molar-refractivity contribution is -0.137. The molecule has 1 aliphatic carbocycles. The lowest BCUT2D eigenvalue weighted by Gasteiger charge is -2.28. The molecule has 1 saturated carbocycles. The van der Waals surface area contributed by atoms with E-state index in [1.807, 2.05) is 0 Å². The van der Waals surface area contributed by atoms with Gasteiger partial charge in [0.1, 0.15) is 11.4 Å². The Hall–Kier alpha value is -2.77. The Morgan fingerprint density at radius 2 is 1.83 bits per heavy atom. The van der Waals surface area contributed by atoms with E-state index in [4.69, 9.17) is 11.3 Å². The number of alkyl halides is 3. The van der Waals surface area contributed by atoms with Gasteiger partial charge in [0.15, 0.2) is 5.82 Å². The highest BCUT2D eigenvalue weighted by molar-refractivity contribution is 5.68. The number of aromatic nitrogens is 2. The molecule has 3 fully saturated rings. The van der Waals surface area contributed by atoms with Gasteiger partial charge in [-0.15, -0.1) is 10.2 Å². The van der Waals surface area contributed by atoms with Gasteiger partial charge in [-0.05, 0) is 49.5 Å². The summed E-state index contributed by atoms with van der Waals surface area (Å²) in [4.78, 5) is 5.57. The maximum absolute atomic E-state index is 14.5. The van der Waals surface area contributed by atoms with E-state index in [9.17, 15) is 17.6 Å². The van der Waals surface area contributed by atoms with Gasteiger partial charge in [0, 0.05) is 44.5 Å². The molecule has 6 nitrogen and oxygen atoms in total. The van der Waals surface area contributed by atoms with E-state index < -0.39 is 17.6 Å². The topological polar surface area (TPSA) is 54.6 Å². The summed E-state index contributed by atoms with van der Waals surface area (Å²) in [6, 6.07) is 4.67. The number of hydrogen-bond acceptors (Lipinski definition) is 5. The Labute approximate surface area is 201 Å². The van der Waals surface area contributed by atoms with Crippen molar-refractivity contribution in [2.24, 2.45) is 17.8 Å². The Balaban J connectivity index is 1.28. The Morgan fingerprint density at radius 1 is 1.11 bits per heavy atom. The van der Waals surface area contributed by atoms with Gasteiger partial charge in [-0.3, -0.25) is 0 Å². The quantitative estimate of drug-likeness (QED) is 0.450. The Morgan fingerprint density at radius 3 is 2.49 bits per heavy atom. The zero-order valence-corrected chi connectivity index (χ0v) is 19.2. The fourth-order valence-corrected chi connectivity index (χ4v) is 5.80. The van der Waals surface area contributed by atoms with E-state index in [1.54, 1.807) is 0 Å². The molecule has 10 heteroatoms. The van der Waals surface area contributed by atoms with E-state index in [0.29, 0.717) is 17.8 Å². The molecule has 2 saturated heterocycles. The van der Waals surface area contributed by atoms with Crippen LogP contribution in [0.3, 0.4) is 0 Å². The molecule has 3 aliphatic rings. The number of nitrogens with zero attached hydrogens (tertiary/aromatic N) is 4. The minimum absolute atomic E-state index is 0.112. The van der Waals surface area contributed by atoms with Crippen molar-refractivity contribution in [3.8, 4) is 11.3 Å². The summed E-state index contributed by atoms with van der Waals surface area (Å²) in [6.07, 6.45) is -0.918. The first-order valence-corrected chi connectivity index (χ1v) is 12.0. The molecule has 0 radical (unpaired) electrons. The first-order chi connectivity index (χ1) is 16.8. The van der Waals surface area contributed by atoms with Crippen molar-refractivity contribution in [1.82, 2.24) is 15.1 Å². The number of fused-ring (bicyclic) bond motifs is 1. The number of rotatable bonds is 5. The van der Waals surface area contributed by atoms with Crippen LogP contribution in [0.1, 0.15) is 31.2 Å². The summed E-state index contributed by atoms with van der Waals surface area (Å²) in [5.41, 5.74) is -1.68. The molecule has 0 amide bonds. The van der Waals surface area contributed by atoms with Crippen LogP contribution in [0.4, 0.5) is 29.1 Å². The van der Waals surface area contributed by atoms with Crippen molar-refractivity contribution < 1.29 is 22.3 Å². The van der Waals surface area contributed by atoms with Crippen LogP contribution in [0.25, 0.3) is 16.1 Å². The van der Waals surface area contributed by atoms with Crippen LogP contribution in [0.2, 0.25) is 0 Å². The molecule has 1 aromatic heterocycles. The maximum Gasteiger partial charge on any atom is 0.420 e. The number of benzene rings is 1. The first-order valence-electron chi connectivity index (χ1n) is 12.0. The summed E-state index contributed by atoms with van der Waals surface area (Å²) in [6.45, 7) is 11.7. The van der Waals surface area contributed by atoms with Crippen LogP contribution in [0.5, 0.6) is 0 Å². The number of nitrogens with one attached hydrogen (secondary N) is 1. The molecular weight excluding hydrogens is 462 g/mol. The second-order valence-corrected chi connectivity index (χ2v) is 9.85. The first kappa shape index (κ1) is 23.9. The van der Waals surface area contributed by atoms with Gasteiger partial charge < -0.3 is 15.0 Å². The molecule has 5 rings (SSSR count). The van der Waals surface area contributed by atoms with E-state index >= 15 is 0 Å². The van der Waals surface area contributed by atoms with Gasteiger partial charge in [-0.1, -0.05) is 18.2 Å². The number of halogens is 4. The molecule has 0 bridgehead atoms. The number of ether oxygens (including phenoxy) is 1. The van der Waals surface area contributed by atoms with E-state index in [0.717, 1.165) is 64.6 Å². The molecule has 0 spiro atoms. The predicted octanol–water partition coefficient (Wildman–Crippen LogP) is 5.40. The maximum atomic E-state index is 14.5. The van der Waals surface area contributed by atoms with E-state index in [-0.39, 0.29) is 28.8 Å². The standard InChI is InChI=1S/C25H27F4N5O/c1-30-21-4-2-3-19(23(21)26)22-11-20(25(27,28)29)24(33-32-22)31-18-9-16-13-34(14-17(16)10-18)12-15-5-7-35-8-6-15/h2-4,11,15-18H,5-10,12-14H2,(H,31,33)/t16-,17+,18?. The molecular formula is C25H27F4N5O. The monoisotopic (exact) mass is 489 g/mol. The lowest BCUT2D eigenvalue weighted by Crippen LogP contribution is -2.32. The molecule has 1 aromatic carbocycles. The van der Waals surface area contributed by atoms with E-state index in [2.05, 4.69) is 25.3 Å². The van der Waals surface area contributed by atoms with Gasteiger partial charge in [-0.2, -0.15) is 13.2 Å². The van der Waals surface area contributed by atoms with Crippen LogP contribution in [0.15, 0.2) is 24.3 Å². The third-order valence-corrected chi connectivity index (χ3v) is 7.50. The minimum atomic E-state index is -4.68. The van der Waals surface area contributed by atoms with Crippen molar-refractivity contribution in [3.05, 3.63) is 47.1 Å². The fourth-order valence-electron chi connectivity index (χ4n) is 5.80. The summed E-state index contributed by atoms with van der Waals surface area (Å²) >= 11 is 0. The SMILES string of the molecule is [C-]#[N+]c1cccc(-c2cc(C(F)(F)F)c(NC3C[C@@H]4CN(CC5CCOCC5)C[C@@H]4C3)nn2)c1F. The lowest BCUT2D eigenvalue weighted by atomic mass is 10.00. The zero-order chi connectivity index (χ0) is 24.6. The highest BCUT2D eigenvalue weighted by atomic mass is 19.4. The van der Waals surface area contributed by atoms with Gasteiger partial charge in [0.25, 0.3) is 0 Å². The average Bonchev–Trinajstić information content (AvgIpc) is 3.37. The second-order valence-electron chi connectivity index (χ2n) is 9.85. The predicted molar refractivity (Wildman–Crippen MR) is 122 cm³/mol. The van der Waals surface area contributed by atoms with Crippen molar-refractivity contribution >= 4 is 11.5 Å². The second kappa shape index (κ2) is 9.70. The van der Waals surface area contributed by atoms with Crippen molar-refractivity contribution in [1.29, 1.82) is 0 Å². The molecule has 186 valence electrons. The molecule has 35 heavy (non-hydrogen) atoms. The molecule has 2 aromatic rings. The Bertz CT molecular complexity index is 1100. The molecule has 3 heterocycles. The molecule has 1 unspecified atom stereocenters. The third kappa shape index (κ3) is 5.11. The van der Waals surface area contributed by atoms with Crippen molar-refractivity contribution in [3.63, 3.8) is 0 Å². The van der Waals surface area contributed by atoms with E-state index in [1.165, 1.54) is 18.2 Å². The van der Waals surface area contributed by atoms with Gasteiger partial charge in [-0.25, -0.2) is 9.24 Å². The molecule has 3 atom stereocenters. The fraction of sp³-hybridized carbons (Fsp3) is 0.560. The van der Waals surface area contributed by atoms with Crippen molar-refractivity contribution in [2.75, 3.05) is 38.2 Å². The third-order valence-electron chi connectivity index (χ3n) is 7.50. The zero-order valence-electron chi connectivity index (χ0n) is 19.2. The highest BCUT2D eigenvalue weighted by Crippen LogP contribution is 2.42. The van der Waals surface area contributed by atoms with Crippen LogP contribution >= 0.6 is 0 Å². The van der Waals surface area contributed by atoms with Crippen molar-refractivity contribution in [2.45, 2.75) is 37.9 Å². The smallest absolute Gasteiger partial charge is 0.381 e. The normalized spacial score (nSPS) is 25.4. The average molecular weight is 490 g/mol. The van der Waals surface area contributed by atoms with Crippen LogP contribution in [-0.2, 0) is 10.9 Å². The van der Waals surface area contributed by atoms with Gasteiger partial charge in [0.2, 0.25) is 5.69 Å². The number of likely N-dealkylation sites (tertiary alicyclic amines) is 1. The minimum Gasteiger partial charge on any atom is -0.381 e. The number of hydrogen-bond donors (Lipinski definition) is 1. The van der Waals surface area contributed by atoms with Crippen LogP contribution in [0, 0.1) is 30.1 Å². The Kier molecular flexibility index (Phi) is 6.64.